The van der Waals surface area contributed by atoms with Gasteiger partial charge in [-0.3, -0.25) is 0 Å². The van der Waals surface area contributed by atoms with E-state index in [0.717, 1.165) is 12.1 Å². The van der Waals surface area contributed by atoms with Gasteiger partial charge in [-0.15, -0.1) is 0 Å². The van der Waals surface area contributed by atoms with E-state index in [4.69, 9.17) is 0 Å². The van der Waals surface area contributed by atoms with E-state index in [1.165, 1.54) is 7.11 Å². The zero-order chi connectivity index (χ0) is 16.7. The number of hydrogen-bond donors (Lipinski definition) is 0. The summed E-state index contributed by atoms with van der Waals surface area (Å²) in [6.07, 6.45) is 0. The standard InChI is InChI=1S/C13H7BrF4O3S/c1-21-9-3-2-6(4-7(9)15)22(19,20)10-5-8(16)12(17)13(18)11(10)14/h2-5H,1H3. The number of halogens is 5. The van der Waals surface area contributed by atoms with E-state index < -0.39 is 47.4 Å². The van der Waals surface area contributed by atoms with E-state index >= 15 is 0 Å². The van der Waals surface area contributed by atoms with Crippen molar-refractivity contribution in [3.63, 3.8) is 0 Å². The zero-order valence-electron chi connectivity index (χ0n) is 10.8. The minimum Gasteiger partial charge on any atom is -0.494 e. The number of rotatable bonds is 3. The summed E-state index contributed by atoms with van der Waals surface area (Å²) >= 11 is 2.57. The molecule has 2 aromatic carbocycles. The molecule has 0 aliphatic heterocycles. The maximum absolute atomic E-state index is 13.6. The molecule has 0 bridgehead atoms. The van der Waals surface area contributed by atoms with Crippen LogP contribution >= 0.6 is 15.9 Å². The van der Waals surface area contributed by atoms with Gasteiger partial charge in [0, 0.05) is 0 Å². The Morgan fingerprint density at radius 1 is 1.00 bits per heavy atom. The largest absolute Gasteiger partial charge is 0.494 e. The van der Waals surface area contributed by atoms with Crippen LogP contribution in [0.4, 0.5) is 17.6 Å². The van der Waals surface area contributed by atoms with E-state index in [1.54, 1.807) is 0 Å². The van der Waals surface area contributed by atoms with Crippen molar-refractivity contribution in [2.45, 2.75) is 9.79 Å². The highest BCUT2D eigenvalue weighted by Gasteiger charge is 2.27. The highest BCUT2D eigenvalue weighted by atomic mass is 79.9. The van der Waals surface area contributed by atoms with Crippen LogP contribution in [0.25, 0.3) is 0 Å². The lowest BCUT2D eigenvalue weighted by Crippen LogP contribution is -2.07. The van der Waals surface area contributed by atoms with Crippen LogP contribution < -0.4 is 4.74 Å². The fourth-order valence-electron chi connectivity index (χ4n) is 1.69. The molecule has 0 saturated heterocycles. The first-order chi connectivity index (χ1) is 10.2. The fraction of sp³-hybridized carbons (Fsp3) is 0.0769. The summed E-state index contributed by atoms with van der Waals surface area (Å²) in [6.45, 7) is 0. The van der Waals surface area contributed by atoms with Crippen molar-refractivity contribution in [1.29, 1.82) is 0 Å². The summed E-state index contributed by atoms with van der Waals surface area (Å²) in [4.78, 5) is -1.41. The number of hydrogen-bond acceptors (Lipinski definition) is 3. The molecule has 0 atom stereocenters. The van der Waals surface area contributed by atoms with Gasteiger partial charge in [-0.05, 0) is 40.2 Å². The first-order valence-electron chi connectivity index (χ1n) is 5.61. The van der Waals surface area contributed by atoms with Gasteiger partial charge in [-0.25, -0.2) is 26.0 Å². The van der Waals surface area contributed by atoms with E-state index in [9.17, 15) is 26.0 Å². The Bertz CT molecular complexity index is 853. The van der Waals surface area contributed by atoms with Crippen molar-refractivity contribution in [2.24, 2.45) is 0 Å². The van der Waals surface area contributed by atoms with Crippen molar-refractivity contribution in [3.8, 4) is 5.75 Å². The summed E-state index contributed by atoms with van der Waals surface area (Å²) in [6, 6.07) is 3.01. The lowest BCUT2D eigenvalue weighted by molar-refractivity contribution is 0.385. The molecule has 0 aliphatic carbocycles. The number of sulfone groups is 1. The molecule has 0 N–H and O–H groups in total. The summed E-state index contributed by atoms with van der Waals surface area (Å²) in [5, 5.41) is 0. The molecule has 2 rings (SSSR count). The van der Waals surface area contributed by atoms with E-state index in [-0.39, 0.29) is 5.75 Å². The van der Waals surface area contributed by atoms with Crippen molar-refractivity contribution in [3.05, 3.63) is 52.0 Å². The third-order valence-corrected chi connectivity index (χ3v) is 5.61. The topological polar surface area (TPSA) is 43.4 Å². The molecule has 0 fully saturated rings. The predicted octanol–water partition coefficient (Wildman–Crippen LogP) is 3.85. The lowest BCUT2D eigenvalue weighted by Gasteiger charge is -2.10. The van der Waals surface area contributed by atoms with Crippen LogP contribution in [-0.2, 0) is 9.84 Å². The van der Waals surface area contributed by atoms with Gasteiger partial charge in [-0.1, -0.05) is 0 Å². The molecule has 22 heavy (non-hydrogen) atoms. The van der Waals surface area contributed by atoms with Gasteiger partial charge in [0.2, 0.25) is 9.84 Å². The monoisotopic (exact) mass is 398 g/mol. The average Bonchev–Trinajstić information content (AvgIpc) is 2.48. The van der Waals surface area contributed by atoms with Gasteiger partial charge in [0.15, 0.2) is 29.0 Å². The Labute approximate surface area is 131 Å². The van der Waals surface area contributed by atoms with Crippen molar-refractivity contribution in [1.82, 2.24) is 0 Å². The smallest absolute Gasteiger partial charge is 0.208 e. The molecule has 0 saturated carbocycles. The minimum atomic E-state index is -4.47. The van der Waals surface area contributed by atoms with Crippen LogP contribution in [0.15, 0.2) is 38.5 Å². The number of benzene rings is 2. The third-order valence-electron chi connectivity index (χ3n) is 2.79. The molecular weight excluding hydrogens is 392 g/mol. The predicted molar refractivity (Wildman–Crippen MR) is 72.4 cm³/mol. The van der Waals surface area contributed by atoms with E-state index in [1.807, 2.05) is 0 Å². The SMILES string of the molecule is COc1ccc(S(=O)(=O)c2cc(F)c(F)c(F)c2Br)cc1F. The molecule has 0 amide bonds. The Balaban J connectivity index is 2.68. The molecule has 0 heterocycles. The van der Waals surface area contributed by atoms with Crippen LogP contribution in [0.2, 0.25) is 0 Å². The molecule has 0 spiro atoms. The van der Waals surface area contributed by atoms with Crippen molar-refractivity contribution < 1.29 is 30.7 Å². The highest BCUT2D eigenvalue weighted by Crippen LogP contribution is 2.33. The highest BCUT2D eigenvalue weighted by molar-refractivity contribution is 9.10. The second-order valence-corrected chi connectivity index (χ2v) is 6.81. The summed E-state index contributed by atoms with van der Waals surface area (Å²) in [5.74, 6) is -6.34. The normalized spacial score (nSPS) is 11.5. The van der Waals surface area contributed by atoms with Gasteiger partial charge in [-0.2, -0.15) is 0 Å². The van der Waals surface area contributed by atoms with Gasteiger partial charge in [0.1, 0.15) is 0 Å². The summed E-state index contributed by atoms with van der Waals surface area (Å²) in [7, 11) is -3.28. The molecule has 2 aromatic rings. The average molecular weight is 399 g/mol. The maximum atomic E-state index is 13.6. The van der Waals surface area contributed by atoms with Crippen LogP contribution in [0.5, 0.6) is 5.75 Å². The minimum absolute atomic E-state index is 0.200. The lowest BCUT2D eigenvalue weighted by atomic mass is 10.3. The van der Waals surface area contributed by atoms with Gasteiger partial charge >= 0.3 is 0 Å². The van der Waals surface area contributed by atoms with E-state index in [2.05, 4.69) is 20.7 Å². The number of ether oxygens (including phenoxy) is 1. The maximum Gasteiger partial charge on any atom is 0.208 e. The molecule has 0 radical (unpaired) electrons. The third kappa shape index (κ3) is 2.70. The molecule has 118 valence electrons. The van der Waals surface area contributed by atoms with Gasteiger partial charge in [0.05, 0.1) is 21.4 Å². The van der Waals surface area contributed by atoms with Crippen LogP contribution in [0.3, 0.4) is 0 Å². The molecular formula is C13H7BrF4O3S. The van der Waals surface area contributed by atoms with Crippen LogP contribution in [-0.4, -0.2) is 15.5 Å². The second kappa shape index (κ2) is 5.88. The second-order valence-electron chi connectivity index (χ2n) is 4.10. The quantitative estimate of drug-likeness (QED) is 0.341. The first kappa shape index (κ1) is 16.8. The first-order valence-corrected chi connectivity index (χ1v) is 7.89. The van der Waals surface area contributed by atoms with E-state index in [0.29, 0.717) is 12.1 Å². The fourth-order valence-corrected chi connectivity index (χ4v) is 3.96. The Kier molecular flexibility index (Phi) is 4.48. The van der Waals surface area contributed by atoms with Gasteiger partial charge < -0.3 is 4.74 Å². The Morgan fingerprint density at radius 3 is 2.18 bits per heavy atom. The molecule has 0 aliphatic rings. The molecule has 3 nitrogen and oxygen atoms in total. The summed E-state index contributed by atoms with van der Waals surface area (Å²) < 4.78 is 82.0. The summed E-state index contributed by atoms with van der Waals surface area (Å²) in [5.41, 5.74) is 0. The zero-order valence-corrected chi connectivity index (χ0v) is 13.2. The molecule has 0 unspecified atom stereocenters. The van der Waals surface area contributed by atoms with Crippen LogP contribution in [0, 0.1) is 23.3 Å². The number of methoxy groups -OCH3 is 1. The van der Waals surface area contributed by atoms with Gasteiger partial charge in [0.25, 0.3) is 0 Å². The van der Waals surface area contributed by atoms with Crippen molar-refractivity contribution in [2.75, 3.05) is 7.11 Å². The van der Waals surface area contributed by atoms with Crippen LogP contribution in [0.1, 0.15) is 0 Å². The van der Waals surface area contributed by atoms with Crippen molar-refractivity contribution >= 4 is 25.8 Å². The molecule has 0 aromatic heterocycles. The Morgan fingerprint density at radius 2 is 1.64 bits per heavy atom. The molecule has 9 heteroatoms. The Hall–Kier alpha value is -1.61.